The van der Waals surface area contributed by atoms with Crippen molar-refractivity contribution in [1.29, 1.82) is 0 Å². The van der Waals surface area contributed by atoms with E-state index >= 15 is 0 Å². The first kappa shape index (κ1) is 11.1. The molecular weight excluding hydrogens is 220 g/mol. The minimum absolute atomic E-state index is 0.181. The van der Waals surface area contributed by atoms with Crippen molar-refractivity contribution in [1.82, 2.24) is 0 Å². The van der Waals surface area contributed by atoms with Crippen LogP contribution in [0.5, 0.6) is 5.75 Å². The summed E-state index contributed by atoms with van der Waals surface area (Å²) in [6.45, 7) is 1.66. The van der Waals surface area contributed by atoms with E-state index in [1.54, 1.807) is 38.3 Å². The number of hydrogen-bond donors (Lipinski definition) is 0. The third-order valence-corrected chi connectivity index (χ3v) is 2.17. The van der Waals surface area contributed by atoms with Gasteiger partial charge in [-0.3, -0.25) is 4.79 Å². The van der Waals surface area contributed by atoms with Crippen molar-refractivity contribution in [2.24, 2.45) is 20.5 Å². The lowest BCUT2D eigenvalue weighted by Gasteiger charge is -1.98. The average Bonchev–Trinajstić information content (AvgIpc) is 2.67. The molecule has 0 aliphatic carbocycles. The van der Waals surface area contributed by atoms with Gasteiger partial charge in [-0.2, -0.15) is 5.11 Å². The van der Waals surface area contributed by atoms with Gasteiger partial charge in [-0.05, 0) is 31.2 Å². The van der Waals surface area contributed by atoms with Gasteiger partial charge in [0.05, 0.1) is 18.5 Å². The lowest BCUT2D eigenvalue weighted by atomic mass is 10.3. The molecule has 0 bridgehead atoms. The van der Waals surface area contributed by atoms with Gasteiger partial charge in [-0.25, -0.2) is 0 Å². The molecule has 86 valence electrons. The van der Waals surface area contributed by atoms with E-state index in [-0.39, 0.29) is 5.70 Å². The van der Waals surface area contributed by atoms with E-state index in [1.807, 2.05) is 0 Å². The fraction of sp³-hybridized carbons (Fsp3) is 0.182. The molecular formula is C11H10N4O2. The zero-order valence-electron chi connectivity index (χ0n) is 9.41. The summed E-state index contributed by atoms with van der Waals surface area (Å²) in [4.78, 5) is 11.2. The molecule has 0 fully saturated rings. The normalized spacial score (nSPS) is 15.1. The Hall–Kier alpha value is -2.37. The minimum atomic E-state index is -0.459. The van der Waals surface area contributed by atoms with Gasteiger partial charge in [0, 0.05) is 0 Å². The van der Waals surface area contributed by atoms with Gasteiger partial charge in [0.25, 0.3) is 0 Å². The number of azo groups is 2. The third-order valence-electron chi connectivity index (χ3n) is 2.17. The number of methoxy groups -OCH3 is 1. The molecule has 1 aromatic rings. The summed E-state index contributed by atoms with van der Waals surface area (Å²) in [7, 11) is 1.59. The molecule has 0 unspecified atom stereocenters. The molecule has 6 nitrogen and oxygen atoms in total. The predicted octanol–water partition coefficient (Wildman–Crippen LogP) is 3.00. The highest BCUT2D eigenvalue weighted by Gasteiger charge is 2.17. The Labute approximate surface area is 97.7 Å². The van der Waals surface area contributed by atoms with Crippen LogP contribution < -0.4 is 4.74 Å². The molecule has 0 spiro atoms. The number of allylic oxidation sites excluding steroid dienone is 1. The molecule has 6 heteroatoms. The molecule has 0 atom stereocenters. The van der Waals surface area contributed by atoms with E-state index in [4.69, 9.17) is 4.74 Å². The van der Waals surface area contributed by atoms with E-state index in [0.717, 1.165) is 5.75 Å². The summed E-state index contributed by atoms with van der Waals surface area (Å²) in [6, 6.07) is 7.01. The van der Waals surface area contributed by atoms with E-state index < -0.39 is 5.91 Å². The van der Waals surface area contributed by atoms with Gasteiger partial charge in [-0.15, -0.1) is 15.3 Å². The zero-order valence-corrected chi connectivity index (χ0v) is 9.41. The number of benzene rings is 1. The Kier molecular flexibility index (Phi) is 3.04. The van der Waals surface area contributed by atoms with Crippen LogP contribution in [0.4, 0.5) is 5.69 Å². The molecule has 0 radical (unpaired) electrons. The van der Waals surface area contributed by atoms with Crippen molar-refractivity contribution in [2.75, 3.05) is 7.11 Å². The number of carbonyl (C=O) groups is 1. The largest absolute Gasteiger partial charge is 0.497 e. The lowest BCUT2D eigenvalue weighted by Crippen LogP contribution is -1.90. The van der Waals surface area contributed by atoms with Crippen molar-refractivity contribution < 1.29 is 9.53 Å². The maximum atomic E-state index is 11.2. The fourth-order valence-electron chi connectivity index (χ4n) is 1.24. The van der Waals surface area contributed by atoms with Gasteiger partial charge in [0.1, 0.15) is 5.75 Å². The van der Waals surface area contributed by atoms with Crippen molar-refractivity contribution >= 4 is 11.6 Å². The van der Waals surface area contributed by atoms with Crippen LogP contribution in [0.15, 0.2) is 56.1 Å². The van der Waals surface area contributed by atoms with Crippen molar-refractivity contribution in [3.05, 3.63) is 35.7 Å². The molecule has 0 saturated heterocycles. The number of ether oxygens (including phenoxy) is 1. The third kappa shape index (κ3) is 2.41. The summed E-state index contributed by atoms with van der Waals surface area (Å²) >= 11 is 0. The molecule has 1 aliphatic rings. The van der Waals surface area contributed by atoms with Gasteiger partial charge < -0.3 is 4.74 Å². The van der Waals surface area contributed by atoms with E-state index in [1.165, 1.54) is 0 Å². The summed E-state index contributed by atoms with van der Waals surface area (Å²) in [5.74, 6) is 0.279. The maximum absolute atomic E-state index is 11.2. The van der Waals surface area contributed by atoms with Crippen LogP contribution in [0.1, 0.15) is 6.92 Å². The first-order chi connectivity index (χ1) is 8.20. The van der Waals surface area contributed by atoms with Gasteiger partial charge in [0.2, 0.25) is 0 Å². The Morgan fingerprint density at radius 1 is 1.12 bits per heavy atom. The van der Waals surface area contributed by atoms with Crippen LogP contribution in [0.3, 0.4) is 0 Å². The van der Waals surface area contributed by atoms with Crippen LogP contribution in [0.2, 0.25) is 0 Å². The standard InChI is InChI=1S/C11H10N4O2/c1-7-10(11(16)15-12-7)14-13-8-3-5-9(17-2)6-4-8/h3-6H,1-2H3. The van der Waals surface area contributed by atoms with Crippen LogP contribution in [-0.2, 0) is 4.79 Å². The van der Waals surface area contributed by atoms with Crippen LogP contribution in [0, 0.1) is 0 Å². The highest BCUT2D eigenvalue weighted by molar-refractivity contribution is 5.95. The second kappa shape index (κ2) is 4.65. The second-order valence-electron chi connectivity index (χ2n) is 3.34. The highest BCUT2D eigenvalue weighted by atomic mass is 16.5. The topological polar surface area (TPSA) is 75.7 Å². The molecule has 0 saturated carbocycles. The Bertz CT molecular complexity index is 529. The first-order valence-corrected chi connectivity index (χ1v) is 4.93. The van der Waals surface area contributed by atoms with E-state index in [2.05, 4.69) is 20.5 Å². The lowest BCUT2D eigenvalue weighted by molar-refractivity contribution is -0.114. The molecule has 1 aromatic carbocycles. The number of carbonyl (C=O) groups excluding carboxylic acids is 1. The number of rotatable bonds is 3. The molecule has 1 heterocycles. The van der Waals surface area contributed by atoms with Crippen molar-refractivity contribution in [3.8, 4) is 5.75 Å². The smallest absolute Gasteiger partial charge is 0.317 e. The zero-order chi connectivity index (χ0) is 12.3. The fourth-order valence-corrected chi connectivity index (χ4v) is 1.24. The maximum Gasteiger partial charge on any atom is 0.317 e. The molecule has 1 amide bonds. The van der Waals surface area contributed by atoms with Gasteiger partial charge in [0.15, 0.2) is 5.70 Å². The quantitative estimate of drug-likeness (QED) is 0.748. The average molecular weight is 230 g/mol. The number of hydrogen-bond acceptors (Lipinski definition) is 5. The van der Waals surface area contributed by atoms with Crippen LogP contribution >= 0.6 is 0 Å². The number of amides is 1. The summed E-state index contributed by atoms with van der Waals surface area (Å²) in [6.07, 6.45) is 0. The first-order valence-electron chi connectivity index (χ1n) is 4.93. The predicted molar refractivity (Wildman–Crippen MR) is 60.1 cm³/mol. The Morgan fingerprint density at radius 2 is 1.82 bits per heavy atom. The highest BCUT2D eigenvalue weighted by Crippen LogP contribution is 2.22. The molecule has 0 aromatic heterocycles. The Balaban J connectivity index is 2.16. The van der Waals surface area contributed by atoms with Crippen molar-refractivity contribution in [2.45, 2.75) is 6.92 Å². The summed E-state index contributed by atoms with van der Waals surface area (Å²) in [5, 5.41) is 14.8. The minimum Gasteiger partial charge on any atom is -0.497 e. The molecule has 1 aliphatic heterocycles. The Morgan fingerprint density at radius 3 is 2.35 bits per heavy atom. The van der Waals surface area contributed by atoms with E-state index in [0.29, 0.717) is 11.4 Å². The van der Waals surface area contributed by atoms with Crippen LogP contribution in [0.25, 0.3) is 0 Å². The second-order valence-corrected chi connectivity index (χ2v) is 3.34. The summed E-state index contributed by atoms with van der Waals surface area (Å²) in [5.41, 5.74) is 1.29. The van der Waals surface area contributed by atoms with Gasteiger partial charge in [-0.1, -0.05) is 0 Å². The molecule has 0 N–H and O–H groups in total. The number of nitrogens with zero attached hydrogens (tertiary/aromatic N) is 4. The molecule has 17 heavy (non-hydrogen) atoms. The van der Waals surface area contributed by atoms with Crippen LogP contribution in [-0.4, -0.2) is 13.0 Å². The van der Waals surface area contributed by atoms with Gasteiger partial charge >= 0.3 is 5.91 Å². The SMILES string of the molecule is COc1ccc(N=NC2=C(C)N=NC2=O)cc1. The monoisotopic (exact) mass is 230 g/mol. The van der Waals surface area contributed by atoms with E-state index in [9.17, 15) is 4.79 Å². The molecule has 2 rings (SSSR count). The van der Waals surface area contributed by atoms with Crippen molar-refractivity contribution in [3.63, 3.8) is 0 Å². The summed E-state index contributed by atoms with van der Waals surface area (Å²) < 4.78 is 5.02.